The Morgan fingerprint density at radius 1 is 1.23 bits per heavy atom. The predicted molar refractivity (Wildman–Crippen MR) is 100 cm³/mol. The van der Waals surface area contributed by atoms with Crippen LogP contribution in [-0.2, 0) is 4.43 Å². The summed E-state index contributed by atoms with van der Waals surface area (Å²) in [6, 6.07) is 10.1. The van der Waals surface area contributed by atoms with E-state index in [1.165, 1.54) is 0 Å². The maximum Gasteiger partial charge on any atom is 0.192 e. The Bertz CT molecular complexity index is 468. The summed E-state index contributed by atoms with van der Waals surface area (Å²) < 4.78 is 6.31. The van der Waals surface area contributed by atoms with Crippen LogP contribution < -0.4 is 0 Å². The highest BCUT2D eigenvalue weighted by atomic mass is 32.2. The van der Waals surface area contributed by atoms with Crippen molar-refractivity contribution in [1.29, 1.82) is 0 Å². The van der Waals surface area contributed by atoms with E-state index in [-0.39, 0.29) is 16.4 Å². The van der Waals surface area contributed by atoms with Gasteiger partial charge in [-0.1, -0.05) is 45.0 Å². The van der Waals surface area contributed by atoms with Gasteiger partial charge in [-0.3, -0.25) is 0 Å². The van der Waals surface area contributed by atoms with Gasteiger partial charge in [0.1, 0.15) is 0 Å². The van der Waals surface area contributed by atoms with E-state index in [1.54, 1.807) is 11.8 Å². The van der Waals surface area contributed by atoms with Gasteiger partial charge in [-0.25, -0.2) is 0 Å². The summed E-state index contributed by atoms with van der Waals surface area (Å²) in [7, 11) is -1.88. The topological polar surface area (TPSA) is 29.5 Å². The minimum atomic E-state index is -1.88. The molecule has 4 heteroatoms. The Hall–Kier alpha value is -0.553. The van der Waals surface area contributed by atoms with Crippen molar-refractivity contribution >= 4 is 20.1 Å². The van der Waals surface area contributed by atoms with E-state index >= 15 is 0 Å². The van der Waals surface area contributed by atoms with E-state index < -0.39 is 14.4 Å². The molecular formula is C18H30O2SSi. The molecule has 0 saturated carbocycles. The van der Waals surface area contributed by atoms with E-state index in [4.69, 9.17) is 4.43 Å². The molecule has 22 heavy (non-hydrogen) atoms. The maximum atomic E-state index is 10.7. The average molecular weight is 339 g/mol. The van der Waals surface area contributed by atoms with Crippen molar-refractivity contribution in [3.8, 4) is 0 Å². The summed E-state index contributed by atoms with van der Waals surface area (Å²) in [5.41, 5.74) is 0. The molecule has 0 fully saturated rings. The molecule has 0 aromatic heterocycles. The molecule has 0 bridgehead atoms. The summed E-state index contributed by atoms with van der Waals surface area (Å²) in [4.78, 5) is 1.13. The minimum absolute atomic E-state index is 0.0813. The molecule has 0 radical (unpaired) electrons. The first-order valence-electron chi connectivity index (χ1n) is 7.78. The molecular weight excluding hydrogens is 308 g/mol. The van der Waals surface area contributed by atoms with Gasteiger partial charge in [0.05, 0.1) is 17.5 Å². The van der Waals surface area contributed by atoms with Gasteiger partial charge in [-0.05, 0) is 37.2 Å². The fraction of sp³-hybridized carbons (Fsp3) is 0.556. The molecule has 0 aliphatic carbocycles. The monoisotopic (exact) mass is 338 g/mol. The normalized spacial score (nSPS) is 16.9. The minimum Gasteiger partial charge on any atom is -0.412 e. The first-order chi connectivity index (χ1) is 10.1. The van der Waals surface area contributed by atoms with Gasteiger partial charge >= 0.3 is 0 Å². The summed E-state index contributed by atoms with van der Waals surface area (Å²) in [5.74, 6) is 0. The zero-order chi connectivity index (χ0) is 17.0. The highest BCUT2D eigenvalue weighted by Gasteiger charge is 2.40. The lowest BCUT2D eigenvalue weighted by atomic mass is 10.1. The number of benzene rings is 1. The van der Waals surface area contributed by atoms with Crippen LogP contribution in [0, 0.1) is 0 Å². The summed E-state index contributed by atoms with van der Waals surface area (Å²) in [6.07, 6.45) is 1.03. The van der Waals surface area contributed by atoms with Crippen molar-refractivity contribution in [1.82, 2.24) is 0 Å². The Kier molecular flexibility index (Phi) is 6.93. The van der Waals surface area contributed by atoms with Crippen molar-refractivity contribution in [2.75, 3.05) is 0 Å². The van der Waals surface area contributed by atoms with E-state index in [0.29, 0.717) is 0 Å². The smallest absolute Gasteiger partial charge is 0.192 e. The van der Waals surface area contributed by atoms with Gasteiger partial charge in [0.2, 0.25) is 0 Å². The summed E-state index contributed by atoms with van der Waals surface area (Å²) in [6.45, 7) is 16.9. The van der Waals surface area contributed by atoms with Crippen LogP contribution in [0.1, 0.15) is 27.7 Å². The second-order valence-electron chi connectivity index (χ2n) is 7.21. The quantitative estimate of drug-likeness (QED) is 0.426. The van der Waals surface area contributed by atoms with Gasteiger partial charge in [-0.2, -0.15) is 0 Å². The van der Waals surface area contributed by atoms with E-state index in [1.807, 2.05) is 43.3 Å². The zero-order valence-corrected chi connectivity index (χ0v) is 16.5. The Balaban J connectivity index is 2.75. The van der Waals surface area contributed by atoms with Crippen molar-refractivity contribution in [3.05, 3.63) is 43.0 Å². The van der Waals surface area contributed by atoms with Crippen molar-refractivity contribution < 1.29 is 9.53 Å². The molecule has 0 heterocycles. The Morgan fingerprint density at radius 2 is 1.77 bits per heavy atom. The Labute approximate surface area is 141 Å². The van der Waals surface area contributed by atoms with E-state index in [0.717, 1.165) is 4.90 Å². The molecule has 1 rings (SSSR count). The third-order valence-electron chi connectivity index (χ3n) is 4.35. The standard InChI is InChI=1S/C18H30O2SSi/c1-8-16(21-15-12-10-9-11-13-15)17(19)14(2)20-22(6,7)18(3,4)5/h8-14,16-17,19H,1H2,2-7H3/t14-,16+,17-/m0/s1. The van der Waals surface area contributed by atoms with Gasteiger partial charge in [0.15, 0.2) is 8.32 Å². The second kappa shape index (κ2) is 7.82. The summed E-state index contributed by atoms with van der Waals surface area (Å²) >= 11 is 1.63. The van der Waals surface area contributed by atoms with Gasteiger partial charge in [0.25, 0.3) is 0 Å². The van der Waals surface area contributed by atoms with Gasteiger partial charge in [-0.15, -0.1) is 18.3 Å². The molecule has 0 aliphatic rings. The van der Waals surface area contributed by atoms with Crippen LogP contribution in [-0.4, -0.2) is 30.9 Å². The molecule has 2 nitrogen and oxygen atoms in total. The molecule has 0 amide bonds. The fourth-order valence-corrected chi connectivity index (χ4v) is 4.40. The van der Waals surface area contributed by atoms with Crippen LogP contribution in [0.2, 0.25) is 18.1 Å². The first-order valence-corrected chi connectivity index (χ1v) is 11.6. The molecule has 1 aromatic carbocycles. The van der Waals surface area contributed by atoms with Crippen LogP contribution in [0.3, 0.4) is 0 Å². The van der Waals surface area contributed by atoms with Crippen LogP contribution in [0.15, 0.2) is 47.9 Å². The van der Waals surface area contributed by atoms with Crippen molar-refractivity contribution in [3.63, 3.8) is 0 Å². The number of rotatable bonds is 7. The molecule has 0 saturated heterocycles. The molecule has 1 N–H and O–H groups in total. The molecule has 124 valence electrons. The molecule has 0 unspecified atom stereocenters. The largest absolute Gasteiger partial charge is 0.412 e. The average Bonchev–Trinajstić information content (AvgIpc) is 2.43. The van der Waals surface area contributed by atoms with Crippen LogP contribution in [0.5, 0.6) is 0 Å². The molecule has 1 aromatic rings. The highest BCUT2D eigenvalue weighted by molar-refractivity contribution is 8.00. The number of aliphatic hydroxyl groups excluding tert-OH is 1. The molecule has 0 aliphatic heterocycles. The van der Waals surface area contributed by atoms with Crippen LogP contribution in [0.25, 0.3) is 0 Å². The Morgan fingerprint density at radius 3 is 2.23 bits per heavy atom. The zero-order valence-electron chi connectivity index (χ0n) is 14.7. The van der Waals surface area contributed by atoms with Gasteiger partial charge < -0.3 is 9.53 Å². The van der Waals surface area contributed by atoms with Crippen molar-refractivity contribution in [2.24, 2.45) is 0 Å². The fourth-order valence-electron chi connectivity index (χ4n) is 1.89. The first kappa shape index (κ1) is 19.5. The maximum absolute atomic E-state index is 10.7. The number of hydrogen-bond donors (Lipinski definition) is 1. The lowest BCUT2D eigenvalue weighted by Gasteiger charge is -2.40. The predicted octanol–water partition coefficient (Wildman–Crippen LogP) is 5.10. The summed E-state index contributed by atoms with van der Waals surface area (Å²) in [5, 5.41) is 10.7. The molecule has 0 spiro atoms. The third-order valence-corrected chi connectivity index (χ3v) is 10.2. The van der Waals surface area contributed by atoms with Gasteiger partial charge in [0, 0.05) is 4.90 Å². The van der Waals surface area contributed by atoms with E-state index in [2.05, 4.69) is 40.4 Å². The third kappa shape index (κ3) is 5.27. The van der Waals surface area contributed by atoms with Crippen LogP contribution >= 0.6 is 11.8 Å². The second-order valence-corrected chi connectivity index (χ2v) is 13.2. The number of thioether (sulfide) groups is 1. The number of hydrogen-bond acceptors (Lipinski definition) is 3. The SMILES string of the molecule is C=C[C@@H](Sc1ccccc1)[C@@H](O)[C@H](C)O[Si](C)(C)C(C)(C)C. The van der Waals surface area contributed by atoms with Crippen LogP contribution in [0.4, 0.5) is 0 Å². The molecule has 3 atom stereocenters. The van der Waals surface area contributed by atoms with Crippen molar-refractivity contribution in [2.45, 2.75) is 68.2 Å². The van der Waals surface area contributed by atoms with E-state index in [9.17, 15) is 5.11 Å². The highest BCUT2D eigenvalue weighted by Crippen LogP contribution is 2.38. The lowest BCUT2D eigenvalue weighted by Crippen LogP contribution is -2.47. The number of aliphatic hydroxyl groups is 1. The lowest BCUT2D eigenvalue weighted by molar-refractivity contribution is 0.0443.